The number of rotatable bonds is 7. The number of ether oxygens (including phenoxy) is 1. The molecule has 0 unspecified atom stereocenters. The van der Waals surface area contributed by atoms with E-state index < -0.39 is 0 Å². The predicted molar refractivity (Wildman–Crippen MR) is 74.3 cm³/mol. The molecule has 1 heterocycles. The van der Waals surface area contributed by atoms with Crippen LogP contribution < -0.4 is 10.1 Å². The first-order valence-corrected chi connectivity index (χ1v) is 6.54. The first-order valence-electron chi connectivity index (χ1n) is 6.17. The Bertz CT molecular complexity index is 501. The molecule has 0 atom stereocenters. The van der Waals surface area contributed by atoms with Gasteiger partial charge in [0.25, 0.3) is 0 Å². The summed E-state index contributed by atoms with van der Waals surface area (Å²) in [7, 11) is 1.66. The molecule has 1 aromatic carbocycles. The molecule has 0 spiro atoms. The van der Waals surface area contributed by atoms with E-state index in [1.807, 2.05) is 29.1 Å². The van der Waals surface area contributed by atoms with E-state index in [0.29, 0.717) is 0 Å². The number of hydrogen-bond donors (Lipinski definition) is 1. The minimum atomic E-state index is 0.722. The summed E-state index contributed by atoms with van der Waals surface area (Å²) in [6, 6.07) is 5.63. The van der Waals surface area contributed by atoms with Crippen molar-refractivity contribution in [1.29, 1.82) is 0 Å². The number of aromatic nitrogens is 3. The minimum Gasteiger partial charge on any atom is -0.496 e. The number of nitrogens with zero attached hydrogens (tertiary/aromatic N) is 3. The van der Waals surface area contributed by atoms with Crippen LogP contribution in [0.15, 0.2) is 30.6 Å². The number of benzene rings is 1. The quantitative estimate of drug-likeness (QED) is 0.790. The molecule has 6 heteroatoms. The van der Waals surface area contributed by atoms with E-state index in [1.54, 1.807) is 13.3 Å². The SMILES string of the molecule is COc1ccc(Cl)cc1CNCCCn1ccnn1. The molecule has 0 aliphatic rings. The highest BCUT2D eigenvalue weighted by molar-refractivity contribution is 6.30. The molecule has 0 radical (unpaired) electrons. The highest BCUT2D eigenvalue weighted by Crippen LogP contribution is 2.22. The maximum atomic E-state index is 5.98. The summed E-state index contributed by atoms with van der Waals surface area (Å²) >= 11 is 5.98. The second kappa shape index (κ2) is 7.11. The van der Waals surface area contributed by atoms with E-state index in [0.717, 1.165) is 42.4 Å². The summed E-state index contributed by atoms with van der Waals surface area (Å²) in [5, 5.41) is 11.8. The zero-order valence-electron chi connectivity index (χ0n) is 10.8. The van der Waals surface area contributed by atoms with Gasteiger partial charge in [0.05, 0.1) is 13.3 Å². The second-order valence-corrected chi connectivity index (χ2v) is 4.59. The lowest BCUT2D eigenvalue weighted by atomic mass is 10.2. The molecule has 0 saturated carbocycles. The summed E-state index contributed by atoms with van der Waals surface area (Å²) in [6.45, 7) is 2.50. The molecule has 2 aromatic rings. The van der Waals surface area contributed by atoms with Gasteiger partial charge in [-0.3, -0.25) is 4.68 Å². The van der Waals surface area contributed by atoms with Crippen molar-refractivity contribution in [2.75, 3.05) is 13.7 Å². The van der Waals surface area contributed by atoms with Crippen LogP contribution in [-0.2, 0) is 13.1 Å². The number of aryl methyl sites for hydroxylation is 1. The van der Waals surface area contributed by atoms with Gasteiger partial charge >= 0.3 is 0 Å². The van der Waals surface area contributed by atoms with E-state index in [1.165, 1.54) is 0 Å². The first-order chi connectivity index (χ1) is 9.29. The Balaban J connectivity index is 1.74. The topological polar surface area (TPSA) is 52.0 Å². The average Bonchev–Trinajstić information content (AvgIpc) is 2.92. The molecular weight excluding hydrogens is 264 g/mol. The maximum Gasteiger partial charge on any atom is 0.123 e. The molecule has 0 bridgehead atoms. The normalized spacial score (nSPS) is 10.6. The summed E-state index contributed by atoms with van der Waals surface area (Å²) < 4.78 is 7.12. The van der Waals surface area contributed by atoms with Crippen molar-refractivity contribution in [3.8, 4) is 5.75 Å². The van der Waals surface area contributed by atoms with E-state index in [4.69, 9.17) is 16.3 Å². The van der Waals surface area contributed by atoms with Crippen LogP contribution in [0.2, 0.25) is 5.02 Å². The van der Waals surface area contributed by atoms with Crippen LogP contribution in [0.1, 0.15) is 12.0 Å². The summed E-state index contributed by atoms with van der Waals surface area (Å²) in [5.41, 5.74) is 1.07. The fraction of sp³-hybridized carbons (Fsp3) is 0.385. The minimum absolute atomic E-state index is 0.722. The lowest BCUT2D eigenvalue weighted by Crippen LogP contribution is -2.17. The zero-order valence-corrected chi connectivity index (χ0v) is 11.6. The number of hydrogen-bond acceptors (Lipinski definition) is 4. The van der Waals surface area contributed by atoms with Gasteiger partial charge in [0.1, 0.15) is 5.75 Å². The molecule has 0 aliphatic heterocycles. The smallest absolute Gasteiger partial charge is 0.123 e. The molecule has 0 aliphatic carbocycles. The van der Waals surface area contributed by atoms with E-state index >= 15 is 0 Å². The monoisotopic (exact) mass is 280 g/mol. The van der Waals surface area contributed by atoms with Gasteiger partial charge in [0, 0.05) is 29.9 Å². The van der Waals surface area contributed by atoms with Gasteiger partial charge in [-0.1, -0.05) is 16.8 Å². The van der Waals surface area contributed by atoms with Crippen molar-refractivity contribution in [3.05, 3.63) is 41.2 Å². The second-order valence-electron chi connectivity index (χ2n) is 4.15. The van der Waals surface area contributed by atoms with E-state index in [9.17, 15) is 0 Å². The first kappa shape index (κ1) is 13.8. The lowest BCUT2D eigenvalue weighted by molar-refractivity contribution is 0.407. The van der Waals surface area contributed by atoms with Crippen LogP contribution >= 0.6 is 11.6 Å². The third-order valence-corrected chi connectivity index (χ3v) is 3.01. The van der Waals surface area contributed by atoms with Crippen LogP contribution in [0.5, 0.6) is 5.75 Å². The summed E-state index contributed by atoms with van der Waals surface area (Å²) in [6.07, 6.45) is 4.54. The Morgan fingerprint density at radius 3 is 3.05 bits per heavy atom. The molecule has 19 heavy (non-hydrogen) atoms. The average molecular weight is 281 g/mol. The molecule has 102 valence electrons. The highest BCUT2D eigenvalue weighted by Gasteiger charge is 2.03. The van der Waals surface area contributed by atoms with Crippen molar-refractivity contribution in [2.24, 2.45) is 0 Å². The van der Waals surface area contributed by atoms with Crippen LogP contribution in [-0.4, -0.2) is 28.6 Å². The van der Waals surface area contributed by atoms with Gasteiger partial charge in [-0.15, -0.1) is 5.10 Å². The van der Waals surface area contributed by atoms with Crippen LogP contribution in [0, 0.1) is 0 Å². The molecule has 2 rings (SSSR count). The molecule has 0 fully saturated rings. The Kier molecular flexibility index (Phi) is 5.18. The van der Waals surface area contributed by atoms with Gasteiger partial charge in [-0.2, -0.15) is 0 Å². The Morgan fingerprint density at radius 2 is 2.32 bits per heavy atom. The van der Waals surface area contributed by atoms with E-state index in [-0.39, 0.29) is 0 Å². The van der Waals surface area contributed by atoms with Crippen molar-refractivity contribution in [3.63, 3.8) is 0 Å². The van der Waals surface area contributed by atoms with Gasteiger partial charge < -0.3 is 10.1 Å². The third kappa shape index (κ3) is 4.22. The van der Waals surface area contributed by atoms with Crippen molar-refractivity contribution < 1.29 is 4.74 Å². The van der Waals surface area contributed by atoms with Gasteiger partial charge in [-0.25, -0.2) is 0 Å². The predicted octanol–water partition coefficient (Wildman–Crippen LogP) is 2.12. The fourth-order valence-corrected chi connectivity index (χ4v) is 2.02. The van der Waals surface area contributed by atoms with Crippen LogP contribution in [0.4, 0.5) is 0 Å². The zero-order chi connectivity index (χ0) is 13.5. The molecule has 5 nitrogen and oxygen atoms in total. The Labute approximate surface area is 117 Å². The molecule has 0 amide bonds. The van der Waals surface area contributed by atoms with Crippen molar-refractivity contribution >= 4 is 11.6 Å². The molecule has 1 aromatic heterocycles. The largest absolute Gasteiger partial charge is 0.496 e. The van der Waals surface area contributed by atoms with Crippen LogP contribution in [0.25, 0.3) is 0 Å². The standard InChI is InChI=1S/C13H17ClN4O/c1-19-13-4-3-12(14)9-11(13)10-15-5-2-7-18-8-6-16-17-18/h3-4,6,8-9,15H,2,5,7,10H2,1H3. The number of halogens is 1. The molecule has 0 saturated heterocycles. The number of nitrogens with one attached hydrogen (secondary N) is 1. The fourth-order valence-electron chi connectivity index (χ4n) is 1.83. The Morgan fingerprint density at radius 1 is 1.42 bits per heavy atom. The highest BCUT2D eigenvalue weighted by atomic mass is 35.5. The molecule has 1 N–H and O–H groups in total. The van der Waals surface area contributed by atoms with Crippen LogP contribution in [0.3, 0.4) is 0 Å². The summed E-state index contributed by atoms with van der Waals surface area (Å²) in [4.78, 5) is 0. The molecular formula is C13H17ClN4O. The van der Waals surface area contributed by atoms with Crippen molar-refractivity contribution in [1.82, 2.24) is 20.3 Å². The van der Waals surface area contributed by atoms with Gasteiger partial charge in [0.15, 0.2) is 0 Å². The lowest BCUT2D eigenvalue weighted by Gasteiger charge is -2.10. The maximum absolute atomic E-state index is 5.98. The number of methoxy groups -OCH3 is 1. The van der Waals surface area contributed by atoms with Gasteiger partial charge in [0.2, 0.25) is 0 Å². The summed E-state index contributed by atoms with van der Waals surface area (Å²) in [5.74, 6) is 0.855. The van der Waals surface area contributed by atoms with Gasteiger partial charge in [-0.05, 0) is 31.2 Å². The van der Waals surface area contributed by atoms with E-state index in [2.05, 4.69) is 15.6 Å². The Hall–Kier alpha value is -1.59. The third-order valence-electron chi connectivity index (χ3n) is 2.77. The van der Waals surface area contributed by atoms with Crippen molar-refractivity contribution in [2.45, 2.75) is 19.5 Å².